The van der Waals surface area contributed by atoms with Gasteiger partial charge in [0.2, 0.25) is 0 Å². The van der Waals surface area contributed by atoms with Crippen LogP contribution in [0.4, 0.5) is 0 Å². The lowest BCUT2D eigenvalue weighted by atomic mass is 9.93. The van der Waals surface area contributed by atoms with Gasteiger partial charge in [-0.3, -0.25) is 0 Å². The quantitative estimate of drug-likeness (QED) is 0.299. The van der Waals surface area contributed by atoms with Gasteiger partial charge in [0.1, 0.15) is 0 Å². The van der Waals surface area contributed by atoms with Crippen LogP contribution in [0.1, 0.15) is 44.7 Å². The van der Waals surface area contributed by atoms with Gasteiger partial charge in [0.05, 0.1) is 30.0 Å². The van der Waals surface area contributed by atoms with Crippen LogP contribution < -0.4 is 0 Å². The number of carboxylic acids is 1. The van der Waals surface area contributed by atoms with E-state index < -0.39 is 11.8 Å². The topological polar surface area (TPSA) is 68.7 Å². The third-order valence-corrected chi connectivity index (χ3v) is 6.66. The molecule has 36 heavy (non-hydrogen) atoms. The van der Waals surface area contributed by atoms with Crippen molar-refractivity contribution in [3.63, 3.8) is 0 Å². The van der Waals surface area contributed by atoms with Crippen LogP contribution in [0.15, 0.2) is 72.8 Å². The largest absolute Gasteiger partial charge is 0.478 e. The number of aromatic carboxylic acids is 1. The summed E-state index contributed by atoms with van der Waals surface area (Å²) in [5.74, 6) is -1.84. The van der Waals surface area contributed by atoms with Crippen molar-refractivity contribution in [3.8, 4) is 0 Å². The van der Waals surface area contributed by atoms with Crippen molar-refractivity contribution in [1.29, 1.82) is 0 Å². The lowest BCUT2D eigenvalue weighted by molar-refractivity contribution is -0.170. The van der Waals surface area contributed by atoms with Gasteiger partial charge in [0, 0.05) is 22.4 Å². The lowest BCUT2D eigenvalue weighted by Gasteiger charge is -2.28. The van der Waals surface area contributed by atoms with E-state index in [0.29, 0.717) is 36.6 Å². The molecule has 5 nitrogen and oxygen atoms in total. The van der Waals surface area contributed by atoms with E-state index >= 15 is 0 Å². The Morgan fingerprint density at radius 2 is 1.83 bits per heavy atom. The Labute approximate surface area is 215 Å². The number of benzene rings is 3. The monoisotopic (exact) mass is 499 g/mol. The van der Waals surface area contributed by atoms with E-state index in [4.69, 9.17) is 21.1 Å². The molecule has 0 bridgehead atoms. The van der Waals surface area contributed by atoms with Crippen molar-refractivity contribution in [3.05, 3.63) is 111 Å². The predicted octanol–water partition coefficient (Wildman–Crippen LogP) is 6.90. The highest BCUT2D eigenvalue weighted by atomic mass is 35.5. The zero-order valence-electron chi connectivity index (χ0n) is 19.9. The SMILES string of the molecule is Cc1ccc(CCC2(c3cccc(/C=C/c4ccc5ccc(Cl)cc5n4)c3)OCCO2)c(C(=O)O)c1. The first kappa shape index (κ1) is 24.2. The van der Waals surface area contributed by atoms with Gasteiger partial charge in [-0.15, -0.1) is 0 Å². The molecule has 1 fully saturated rings. The van der Waals surface area contributed by atoms with E-state index in [9.17, 15) is 9.90 Å². The van der Waals surface area contributed by atoms with Crippen LogP contribution >= 0.6 is 11.6 Å². The fourth-order valence-electron chi connectivity index (χ4n) is 4.58. The molecule has 0 aliphatic carbocycles. The second kappa shape index (κ2) is 10.2. The van der Waals surface area contributed by atoms with Gasteiger partial charge in [0.15, 0.2) is 5.79 Å². The van der Waals surface area contributed by atoms with Crippen molar-refractivity contribution in [1.82, 2.24) is 4.98 Å². The Balaban J connectivity index is 1.39. The van der Waals surface area contributed by atoms with E-state index in [-0.39, 0.29) is 0 Å². The van der Waals surface area contributed by atoms with Crippen molar-refractivity contribution >= 4 is 40.6 Å². The molecule has 0 amide bonds. The summed E-state index contributed by atoms with van der Waals surface area (Å²) >= 11 is 6.12. The summed E-state index contributed by atoms with van der Waals surface area (Å²) in [5.41, 5.74) is 5.59. The number of halogens is 1. The Hall–Kier alpha value is -3.51. The Bertz CT molecular complexity index is 1460. The van der Waals surface area contributed by atoms with Crippen LogP contribution in [-0.2, 0) is 21.7 Å². The maximum Gasteiger partial charge on any atom is 0.335 e. The molecule has 5 rings (SSSR count). The van der Waals surface area contributed by atoms with Gasteiger partial charge in [-0.05, 0) is 60.9 Å². The summed E-state index contributed by atoms with van der Waals surface area (Å²) in [7, 11) is 0. The molecule has 1 aliphatic heterocycles. The van der Waals surface area contributed by atoms with Crippen molar-refractivity contribution in [2.75, 3.05) is 13.2 Å². The third kappa shape index (κ3) is 5.19. The van der Waals surface area contributed by atoms with Crippen LogP contribution in [0, 0.1) is 6.92 Å². The molecule has 1 aromatic heterocycles. The number of hydrogen-bond acceptors (Lipinski definition) is 4. The van der Waals surface area contributed by atoms with E-state index in [1.165, 1.54) is 0 Å². The number of aromatic nitrogens is 1. The molecule has 2 heterocycles. The molecule has 4 aromatic rings. The van der Waals surface area contributed by atoms with Crippen molar-refractivity contribution < 1.29 is 19.4 Å². The number of carbonyl (C=O) groups is 1. The number of fused-ring (bicyclic) bond motifs is 1. The maximum absolute atomic E-state index is 11.8. The summed E-state index contributed by atoms with van der Waals surface area (Å²) in [6.45, 7) is 2.87. The Morgan fingerprint density at radius 3 is 2.64 bits per heavy atom. The first-order chi connectivity index (χ1) is 17.4. The van der Waals surface area contributed by atoms with Crippen LogP contribution in [0.3, 0.4) is 0 Å². The fraction of sp³-hybridized carbons (Fsp3) is 0.200. The van der Waals surface area contributed by atoms with Gasteiger partial charge in [-0.2, -0.15) is 0 Å². The van der Waals surface area contributed by atoms with Crippen LogP contribution in [-0.4, -0.2) is 29.3 Å². The third-order valence-electron chi connectivity index (χ3n) is 6.42. The maximum atomic E-state index is 11.8. The number of carboxylic acid groups (broad SMARTS) is 1. The Morgan fingerprint density at radius 1 is 1.03 bits per heavy atom. The molecule has 0 saturated carbocycles. The summed E-state index contributed by atoms with van der Waals surface area (Å²) in [4.78, 5) is 16.4. The molecule has 6 heteroatoms. The number of ether oxygens (including phenoxy) is 2. The average molecular weight is 500 g/mol. The van der Waals surface area contributed by atoms with Gasteiger partial charge in [-0.1, -0.05) is 65.7 Å². The van der Waals surface area contributed by atoms with Gasteiger partial charge in [-0.25, -0.2) is 9.78 Å². The minimum Gasteiger partial charge on any atom is -0.478 e. The minimum atomic E-state index is -0.923. The van der Waals surface area contributed by atoms with Crippen LogP contribution in [0.25, 0.3) is 23.1 Å². The highest BCUT2D eigenvalue weighted by Crippen LogP contribution is 2.37. The van der Waals surface area contributed by atoms with Gasteiger partial charge < -0.3 is 14.6 Å². The van der Waals surface area contributed by atoms with E-state index in [1.807, 2.05) is 85.8 Å². The van der Waals surface area contributed by atoms with Crippen LogP contribution in [0.2, 0.25) is 5.02 Å². The number of hydrogen-bond donors (Lipinski definition) is 1. The van der Waals surface area contributed by atoms with Gasteiger partial charge >= 0.3 is 5.97 Å². The lowest BCUT2D eigenvalue weighted by Crippen LogP contribution is -2.28. The van der Waals surface area contributed by atoms with E-state index in [1.54, 1.807) is 6.07 Å². The molecule has 0 spiro atoms. The molecule has 0 atom stereocenters. The highest BCUT2D eigenvalue weighted by molar-refractivity contribution is 6.31. The average Bonchev–Trinajstić information content (AvgIpc) is 3.37. The summed E-state index contributed by atoms with van der Waals surface area (Å²) < 4.78 is 12.3. The molecular weight excluding hydrogens is 474 g/mol. The molecule has 0 radical (unpaired) electrons. The zero-order chi connectivity index (χ0) is 25.1. The van der Waals surface area contributed by atoms with Crippen molar-refractivity contribution in [2.45, 2.75) is 25.6 Å². The fourth-order valence-corrected chi connectivity index (χ4v) is 4.74. The van der Waals surface area contributed by atoms with Gasteiger partial charge in [0.25, 0.3) is 0 Å². The molecule has 3 aromatic carbocycles. The first-order valence-corrected chi connectivity index (χ1v) is 12.3. The second-order valence-corrected chi connectivity index (χ2v) is 9.38. The summed E-state index contributed by atoms with van der Waals surface area (Å²) in [6.07, 6.45) is 5.00. The number of rotatable bonds is 7. The predicted molar refractivity (Wildman–Crippen MR) is 142 cm³/mol. The standard InChI is InChI=1S/C30H26ClNO4/c1-20-5-7-22(27(17-20)29(33)34)13-14-30(35-15-16-36-30)24-4-2-3-21(18-24)6-11-26-12-9-23-8-10-25(31)19-28(23)32-26/h2-12,17-19H,13-16H2,1H3,(H,33,34)/b11-6+. The van der Waals surface area contributed by atoms with E-state index in [2.05, 4.69) is 4.98 Å². The highest BCUT2D eigenvalue weighted by Gasteiger charge is 2.38. The molecule has 0 unspecified atom stereocenters. The zero-order valence-corrected chi connectivity index (χ0v) is 20.7. The number of aryl methyl sites for hydroxylation is 2. The molecule has 182 valence electrons. The second-order valence-electron chi connectivity index (χ2n) is 8.95. The molecule has 1 saturated heterocycles. The van der Waals surface area contributed by atoms with Crippen molar-refractivity contribution in [2.24, 2.45) is 0 Å². The number of pyridine rings is 1. The molecular formula is C30H26ClNO4. The smallest absolute Gasteiger partial charge is 0.335 e. The minimum absolute atomic E-state index is 0.323. The summed E-state index contributed by atoms with van der Waals surface area (Å²) in [5, 5.41) is 11.3. The normalized spacial score (nSPS) is 15.1. The molecule has 1 N–H and O–H groups in total. The summed E-state index contributed by atoms with van der Waals surface area (Å²) in [6, 6.07) is 23.2. The first-order valence-electron chi connectivity index (χ1n) is 11.9. The Kier molecular flexibility index (Phi) is 6.88. The van der Waals surface area contributed by atoms with E-state index in [0.717, 1.165) is 38.9 Å². The molecule has 1 aliphatic rings. The number of nitrogens with zero attached hydrogens (tertiary/aromatic N) is 1. The van der Waals surface area contributed by atoms with Crippen LogP contribution in [0.5, 0.6) is 0 Å².